The fourth-order valence-electron chi connectivity index (χ4n) is 2.24. The van der Waals surface area contributed by atoms with Crippen molar-refractivity contribution in [2.24, 2.45) is 0 Å². The van der Waals surface area contributed by atoms with Gasteiger partial charge in [-0.2, -0.15) is 22.0 Å². The Hall–Kier alpha value is -3.30. The molecule has 0 bridgehead atoms. The van der Waals surface area contributed by atoms with Crippen LogP contribution in [0.4, 0.5) is 32.0 Å². The summed E-state index contributed by atoms with van der Waals surface area (Å²) >= 11 is 0. The molecule has 0 saturated heterocycles. The second kappa shape index (κ2) is 7.98. The molecule has 0 aliphatic heterocycles. The molecule has 1 aromatic carbocycles. The summed E-state index contributed by atoms with van der Waals surface area (Å²) in [7, 11) is 0. The Bertz CT molecular complexity index is 972. The first kappa shape index (κ1) is 22.0. The Labute approximate surface area is 161 Å². The predicted molar refractivity (Wildman–Crippen MR) is 93.8 cm³/mol. The molecule has 4 nitrogen and oxygen atoms in total. The van der Waals surface area contributed by atoms with E-state index in [1.165, 1.54) is 37.3 Å². The van der Waals surface area contributed by atoms with Crippen LogP contribution in [0.25, 0.3) is 11.3 Å². The average Bonchev–Trinajstić information content (AvgIpc) is 3.01. The lowest BCUT2D eigenvalue weighted by Crippen LogP contribution is -2.33. The van der Waals surface area contributed by atoms with Crippen LogP contribution in [0, 0.1) is 6.92 Å². The Morgan fingerprint density at radius 3 is 2.24 bits per heavy atom. The number of amides is 1. The summed E-state index contributed by atoms with van der Waals surface area (Å²) in [5, 5.41) is 2.38. The van der Waals surface area contributed by atoms with E-state index in [0.717, 1.165) is 6.08 Å². The van der Waals surface area contributed by atoms with Gasteiger partial charge in [0.2, 0.25) is 0 Å². The smallest absolute Gasteiger partial charge is 0.440 e. The van der Waals surface area contributed by atoms with E-state index in [0.29, 0.717) is 0 Å². The Kier molecular flexibility index (Phi) is 6.05. The number of anilines is 1. The maximum Gasteiger partial charge on any atom is 0.463 e. The summed E-state index contributed by atoms with van der Waals surface area (Å²) in [6, 6.07) is 5.29. The number of oxazole rings is 1. The molecule has 1 heterocycles. The highest BCUT2D eigenvalue weighted by molar-refractivity contribution is 6.06. The van der Waals surface area contributed by atoms with E-state index in [-0.39, 0.29) is 28.3 Å². The van der Waals surface area contributed by atoms with E-state index < -0.39 is 29.7 Å². The summed E-state index contributed by atoms with van der Waals surface area (Å²) in [5.41, 5.74) is -0.191. The van der Waals surface area contributed by atoms with Crippen LogP contribution in [0.15, 0.2) is 65.4 Å². The lowest BCUT2D eigenvalue weighted by molar-refractivity contribution is -0.297. The molecule has 0 saturated carbocycles. The molecule has 2 aromatic rings. The zero-order chi connectivity index (χ0) is 22.0. The zero-order valence-electron chi connectivity index (χ0n) is 14.9. The second-order valence-electron chi connectivity index (χ2n) is 5.75. The summed E-state index contributed by atoms with van der Waals surface area (Å²) in [4.78, 5) is 15.3. The molecule has 0 aliphatic rings. The number of carbonyl (C=O) groups is 1. The maximum absolute atomic E-state index is 13.4. The van der Waals surface area contributed by atoms with Gasteiger partial charge in [-0.15, -0.1) is 0 Å². The number of allylic oxidation sites excluding steroid dienone is 2. The molecule has 1 N–H and O–H groups in total. The third kappa shape index (κ3) is 4.58. The molecule has 29 heavy (non-hydrogen) atoms. The number of nitrogens with one attached hydrogen (secondary N) is 1. The quantitative estimate of drug-likeness (QED) is 0.366. The monoisotopic (exact) mass is 416 g/mol. The highest BCUT2D eigenvalue weighted by atomic mass is 19.4. The van der Waals surface area contributed by atoms with Crippen molar-refractivity contribution < 1.29 is 35.6 Å². The van der Waals surface area contributed by atoms with Crippen LogP contribution in [-0.2, 0) is 10.7 Å². The van der Waals surface area contributed by atoms with Gasteiger partial charge >= 0.3 is 12.1 Å². The maximum atomic E-state index is 13.4. The van der Waals surface area contributed by atoms with Crippen LogP contribution in [0.2, 0.25) is 0 Å². The van der Waals surface area contributed by atoms with Crippen molar-refractivity contribution in [3.63, 3.8) is 0 Å². The van der Waals surface area contributed by atoms with Gasteiger partial charge in [-0.25, -0.2) is 9.37 Å². The van der Waals surface area contributed by atoms with Gasteiger partial charge in [0.25, 0.3) is 11.8 Å². The standard InChI is InChI=1S/C19H14F6N2O2/c1-4-5-14(10(2)20)16(28)26-13-8-6-12(7-9-13)15-11(3)29-17(27-15)18(21,22)19(23,24)25/h4-9H,1-2H2,3H3,(H,26,28)/b14-5+. The highest BCUT2D eigenvalue weighted by Gasteiger charge is 2.62. The highest BCUT2D eigenvalue weighted by Crippen LogP contribution is 2.44. The number of hydrogen-bond donors (Lipinski definition) is 1. The fourth-order valence-corrected chi connectivity index (χ4v) is 2.24. The van der Waals surface area contributed by atoms with Crippen LogP contribution < -0.4 is 5.32 Å². The Morgan fingerprint density at radius 2 is 1.76 bits per heavy atom. The summed E-state index contributed by atoms with van der Waals surface area (Å²) < 4.78 is 82.1. The summed E-state index contributed by atoms with van der Waals surface area (Å²) in [6.07, 6.45) is -3.54. The SMILES string of the molecule is C=C/C=C(\C(=C)F)C(=O)Nc1ccc(-c2nc(C(F)(F)C(F)(F)F)oc2C)cc1. The van der Waals surface area contributed by atoms with Crippen molar-refractivity contribution in [3.8, 4) is 11.3 Å². The largest absolute Gasteiger partial charge is 0.463 e. The van der Waals surface area contributed by atoms with Crippen LogP contribution in [0.1, 0.15) is 11.7 Å². The van der Waals surface area contributed by atoms with Crippen molar-refractivity contribution >= 4 is 11.6 Å². The number of benzene rings is 1. The molecule has 0 radical (unpaired) electrons. The van der Waals surface area contributed by atoms with Crippen LogP contribution >= 0.6 is 0 Å². The molecule has 154 valence electrons. The van der Waals surface area contributed by atoms with Crippen LogP contribution in [0.5, 0.6) is 0 Å². The summed E-state index contributed by atoms with van der Waals surface area (Å²) in [5.74, 6) is -9.04. The predicted octanol–water partition coefficient (Wildman–Crippen LogP) is 5.84. The van der Waals surface area contributed by atoms with Crippen molar-refractivity contribution in [1.29, 1.82) is 0 Å². The lowest BCUT2D eigenvalue weighted by Gasteiger charge is -2.15. The molecule has 10 heteroatoms. The zero-order valence-corrected chi connectivity index (χ0v) is 14.9. The third-order valence-corrected chi connectivity index (χ3v) is 3.66. The van der Waals surface area contributed by atoms with Crippen molar-refractivity contribution in [2.75, 3.05) is 5.32 Å². The van der Waals surface area contributed by atoms with Gasteiger partial charge in [0.15, 0.2) is 0 Å². The molecule has 0 fully saturated rings. The minimum atomic E-state index is -5.85. The first-order valence-electron chi connectivity index (χ1n) is 7.90. The molecular weight excluding hydrogens is 402 g/mol. The fraction of sp³-hybridized carbons (Fsp3) is 0.158. The molecule has 0 unspecified atom stereocenters. The number of hydrogen-bond acceptors (Lipinski definition) is 3. The Balaban J connectivity index is 2.28. The number of halogens is 6. The lowest BCUT2D eigenvalue weighted by atomic mass is 10.1. The van der Waals surface area contributed by atoms with Gasteiger partial charge in [0.1, 0.15) is 17.3 Å². The molecule has 1 amide bonds. The second-order valence-corrected chi connectivity index (χ2v) is 5.75. The number of rotatable bonds is 6. The van der Waals surface area contributed by atoms with Gasteiger partial charge in [-0.3, -0.25) is 4.79 Å². The number of carbonyl (C=O) groups excluding carboxylic acids is 1. The topological polar surface area (TPSA) is 55.1 Å². The van der Waals surface area contributed by atoms with Gasteiger partial charge in [-0.1, -0.05) is 31.4 Å². The normalized spacial score (nSPS) is 12.6. The first-order chi connectivity index (χ1) is 13.4. The number of aromatic nitrogens is 1. The molecule has 0 aliphatic carbocycles. The van der Waals surface area contributed by atoms with Crippen molar-refractivity contribution in [2.45, 2.75) is 19.0 Å². The van der Waals surface area contributed by atoms with E-state index in [9.17, 15) is 31.1 Å². The van der Waals surface area contributed by atoms with Crippen molar-refractivity contribution in [1.82, 2.24) is 4.98 Å². The molecular formula is C19H14F6N2O2. The summed E-state index contributed by atoms with van der Waals surface area (Å²) in [6.45, 7) is 7.58. The molecule has 1 aromatic heterocycles. The number of nitrogens with zero attached hydrogens (tertiary/aromatic N) is 1. The van der Waals surface area contributed by atoms with Gasteiger partial charge in [0.05, 0.1) is 5.57 Å². The minimum absolute atomic E-state index is 0.172. The van der Waals surface area contributed by atoms with Gasteiger partial charge < -0.3 is 9.73 Å². The van der Waals surface area contributed by atoms with Crippen LogP contribution in [-0.4, -0.2) is 17.1 Å². The number of alkyl halides is 5. The van der Waals surface area contributed by atoms with Crippen LogP contribution in [0.3, 0.4) is 0 Å². The first-order valence-corrected chi connectivity index (χ1v) is 7.90. The molecule has 0 atom stereocenters. The Morgan fingerprint density at radius 1 is 1.17 bits per heavy atom. The van der Waals surface area contributed by atoms with E-state index >= 15 is 0 Å². The van der Waals surface area contributed by atoms with E-state index in [1.807, 2.05) is 0 Å². The van der Waals surface area contributed by atoms with Gasteiger partial charge in [0, 0.05) is 11.3 Å². The van der Waals surface area contributed by atoms with E-state index in [4.69, 9.17) is 0 Å². The van der Waals surface area contributed by atoms with Crippen molar-refractivity contribution in [3.05, 3.63) is 72.6 Å². The number of aryl methyl sites for hydroxylation is 1. The van der Waals surface area contributed by atoms with Gasteiger partial charge in [-0.05, 0) is 25.1 Å². The average molecular weight is 416 g/mol. The third-order valence-electron chi connectivity index (χ3n) is 3.66. The van der Waals surface area contributed by atoms with E-state index in [1.54, 1.807) is 0 Å². The van der Waals surface area contributed by atoms with E-state index in [2.05, 4.69) is 27.9 Å². The minimum Gasteiger partial charge on any atom is -0.440 e. The molecule has 0 spiro atoms. The molecule has 2 rings (SSSR count).